The number of carbonyl (C=O) groups excluding carboxylic acids is 3. The molecule has 0 N–H and O–H groups in total. The Morgan fingerprint density at radius 2 is 1.81 bits per heavy atom. The van der Waals surface area contributed by atoms with Crippen molar-refractivity contribution in [3.05, 3.63) is 60.0 Å². The summed E-state index contributed by atoms with van der Waals surface area (Å²) in [5, 5.41) is 3.93. The fraction of sp³-hybridized carbons (Fsp3) is 0.393. The summed E-state index contributed by atoms with van der Waals surface area (Å²) >= 11 is 0. The molecule has 2 unspecified atom stereocenters. The van der Waals surface area contributed by atoms with Crippen molar-refractivity contribution in [1.82, 2.24) is 10.1 Å². The average Bonchev–Trinajstić information content (AvgIpc) is 3.42. The lowest BCUT2D eigenvalue weighted by Gasteiger charge is -2.29. The second-order valence-electron chi connectivity index (χ2n) is 9.44. The van der Waals surface area contributed by atoms with Crippen molar-refractivity contribution in [1.29, 1.82) is 0 Å². The van der Waals surface area contributed by atoms with Crippen LogP contribution in [0.1, 0.15) is 44.2 Å². The van der Waals surface area contributed by atoms with Crippen molar-refractivity contribution in [2.45, 2.75) is 39.7 Å². The van der Waals surface area contributed by atoms with Crippen LogP contribution >= 0.6 is 0 Å². The Balaban J connectivity index is 1.75. The van der Waals surface area contributed by atoms with E-state index in [0.717, 1.165) is 0 Å². The minimum atomic E-state index is -1.13. The highest BCUT2D eigenvalue weighted by Gasteiger charge is 2.52. The second kappa shape index (κ2) is 11.5. The van der Waals surface area contributed by atoms with E-state index in [1.165, 1.54) is 4.90 Å². The first-order valence-corrected chi connectivity index (χ1v) is 12.3. The van der Waals surface area contributed by atoms with Crippen LogP contribution in [0.25, 0.3) is 11.4 Å². The van der Waals surface area contributed by atoms with Gasteiger partial charge in [-0.2, -0.15) is 4.98 Å². The highest BCUT2D eigenvalue weighted by Crippen LogP contribution is 2.44. The smallest absolute Gasteiger partial charge is 0.295 e. The number of anilines is 1. The normalized spacial score (nSPS) is 17.6. The standard InChI is InChI=1S/C28H31N3O6/c1-17(2)16-22(32)24-25(21-8-5-6-9-23(21)36-15-7-14-35-4)31(28(34)26(24)33)20-12-10-19(11-13-20)27-29-18(3)37-30-27/h5-6,8-13,17,24-25H,7,14-16H2,1-4H3. The molecule has 0 saturated carbocycles. The minimum absolute atomic E-state index is 0.0448. The van der Waals surface area contributed by atoms with Gasteiger partial charge in [-0.05, 0) is 36.2 Å². The fourth-order valence-electron chi connectivity index (χ4n) is 4.55. The minimum Gasteiger partial charge on any atom is -0.493 e. The van der Waals surface area contributed by atoms with Crippen LogP contribution in [-0.4, -0.2) is 47.9 Å². The number of hydrogen-bond donors (Lipinski definition) is 0. The van der Waals surface area contributed by atoms with Crippen LogP contribution < -0.4 is 9.64 Å². The van der Waals surface area contributed by atoms with Crippen LogP contribution in [0.4, 0.5) is 5.69 Å². The largest absolute Gasteiger partial charge is 0.493 e. The molecule has 0 bridgehead atoms. The molecule has 9 heteroatoms. The number of ketones is 2. The molecule has 0 spiro atoms. The monoisotopic (exact) mass is 505 g/mol. The number of para-hydroxylation sites is 1. The molecule has 194 valence electrons. The van der Waals surface area contributed by atoms with Gasteiger partial charge in [-0.1, -0.05) is 37.2 Å². The summed E-state index contributed by atoms with van der Waals surface area (Å²) in [5.41, 5.74) is 1.80. The second-order valence-corrected chi connectivity index (χ2v) is 9.44. The van der Waals surface area contributed by atoms with Crippen molar-refractivity contribution in [3.63, 3.8) is 0 Å². The van der Waals surface area contributed by atoms with Crippen molar-refractivity contribution < 1.29 is 28.4 Å². The number of nitrogens with zero attached hydrogens (tertiary/aromatic N) is 3. The number of hydrogen-bond acceptors (Lipinski definition) is 8. The van der Waals surface area contributed by atoms with Crippen LogP contribution in [0.5, 0.6) is 5.75 Å². The Bertz CT molecular complexity index is 1270. The molecule has 1 amide bonds. The van der Waals surface area contributed by atoms with E-state index in [0.29, 0.717) is 53.9 Å². The summed E-state index contributed by atoms with van der Waals surface area (Å²) in [6, 6.07) is 13.4. The maximum Gasteiger partial charge on any atom is 0.295 e. The molecule has 1 aliphatic heterocycles. The van der Waals surface area contributed by atoms with Crippen LogP contribution in [0.15, 0.2) is 53.1 Å². The number of benzene rings is 2. The molecule has 0 radical (unpaired) electrons. The third-order valence-electron chi connectivity index (χ3n) is 6.18. The molecule has 1 saturated heterocycles. The van der Waals surface area contributed by atoms with Gasteiger partial charge in [0, 0.05) is 50.3 Å². The molecule has 3 aromatic rings. The molecule has 1 aromatic heterocycles. The van der Waals surface area contributed by atoms with Crippen LogP contribution in [0, 0.1) is 18.8 Å². The molecule has 2 atom stereocenters. The van der Waals surface area contributed by atoms with E-state index in [4.69, 9.17) is 14.0 Å². The van der Waals surface area contributed by atoms with E-state index >= 15 is 0 Å². The summed E-state index contributed by atoms with van der Waals surface area (Å²) in [6.07, 6.45) is 0.866. The predicted molar refractivity (Wildman–Crippen MR) is 136 cm³/mol. The molecule has 1 aliphatic rings. The average molecular weight is 506 g/mol. The van der Waals surface area contributed by atoms with Gasteiger partial charge in [0.05, 0.1) is 12.6 Å². The van der Waals surface area contributed by atoms with Gasteiger partial charge in [0.15, 0.2) is 0 Å². The Hall–Kier alpha value is -3.85. The first kappa shape index (κ1) is 26.2. The molecule has 1 fully saturated rings. The van der Waals surface area contributed by atoms with Gasteiger partial charge in [0.25, 0.3) is 5.91 Å². The van der Waals surface area contributed by atoms with Gasteiger partial charge in [-0.3, -0.25) is 19.3 Å². The number of amides is 1. The highest BCUT2D eigenvalue weighted by molar-refractivity contribution is 6.48. The van der Waals surface area contributed by atoms with E-state index in [-0.39, 0.29) is 18.1 Å². The van der Waals surface area contributed by atoms with Crippen LogP contribution in [-0.2, 0) is 19.1 Å². The van der Waals surface area contributed by atoms with E-state index in [2.05, 4.69) is 10.1 Å². The van der Waals surface area contributed by atoms with E-state index in [1.807, 2.05) is 26.0 Å². The topological polar surface area (TPSA) is 112 Å². The van der Waals surface area contributed by atoms with Gasteiger partial charge >= 0.3 is 0 Å². The maximum atomic E-state index is 13.4. The Labute approximate surface area is 215 Å². The molecule has 2 aromatic carbocycles. The van der Waals surface area contributed by atoms with Gasteiger partial charge in [0.2, 0.25) is 17.5 Å². The third kappa shape index (κ3) is 5.61. The zero-order valence-corrected chi connectivity index (χ0v) is 21.5. The highest BCUT2D eigenvalue weighted by atomic mass is 16.5. The Morgan fingerprint density at radius 3 is 2.46 bits per heavy atom. The number of carbonyl (C=O) groups is 3. The van der Waals surface area contributed by atoms with E-state index in [9.17, 15) is 14.4 Å². The lowest BCUT2D eigenvalue weighted by atomic mass is 9.85. The van der Waals surface area contributed by atoms with Crippen molar-refractivity contribution in [2.75, 3.05) is 25.2 Å². The first-order valence-electron chi connectivity index (χ1n) is 12.3. The van der Waals surface area contributed by atoms with Crippen molar-refractivity contribution in [3.8, 4) is 17.1 Å². The zero-order chi connectivity index (χ0) is 26.5. The summed E-state index contributed by atoms with van der Waals surface area (Å²) in [6.45, 7) is 6.46. The number of aryl methyl sites for hydroxylation is 1. The molecule has 37 heavy (non-hydrogen) atoms. The molecule has 0 aliphatic carbocycles. The SMILES string of the molecule is COCCCOc1ccccc1C1C(C(=O)CC(C)C)C(=O)C(=O)N1c1ccc(-c2noc(C)n2)cc1. The van der Waals surface area contributed by atoms with E-state index < -0.39 is 23.7 Å². The third-order valence-corrected chi connectivity index (χ3v) is 6.18. The molecular formula is C28H31N3O6. The molecule has 4 rings (SSSR count). The van der Waals surface area contributed by atoms with Gasteiger partial charge < -0.3 is 14.0 Å². The van der Waals surface area contributed by atoms with Gasteiger partial charge in [-0.25, -0.2) is 0 Å². The number of aromatic nitrogens is 2. The van der Waals surface area contributed by atoms with Crippen LogP contribution in [0.3, 0.4) is 0 Å². The van der Waals surface area contributed by atoms with Gasteiger partial charge in [-0.15, -0.1) is 0 Å². The summed E-state index contributed by atoms with van der Waals surface area (Å²) in [4.78, 5) is 45.7. The number of rotatable bonds is 11. The summed E-state index contributed by atoms with van der Waals surface area (Å²) in [7, 11) is 1.62. The molecular weight excluding hydrogens is 474 g/mol. The van der Waals surface area contributed by atoms with Crippen molar-refractivity contribution in [2.24, 2.45) is 11.8 Å². The molecule has 2 heterocycles. The Kier molecular flexibility index (Phi) is 8.13. The number of ether oxygens (including phenoxy) is 2. The van der Waals surface area contributed by atoms with Crippen molar-refractivity contribution >= 4 is 23.2 Å². The predicted octanol–water partition coefficient (Wildman–Crippen LogP) is 4.35. The first-order chi connectivity index (χ1) is 17.8. The number of methoxy groups -OCH3 is 1. The molecule has 9 nitrogen and oxygen atoms in total. The lowest BCUT2D eigenvalue weighted by Crippen LogP contribution is -2.31. The summed E-state index contributed by atoms with van der Waals surface area (Å²) in [5.74, 6) is -1.38. The van der Waals surface area contributed by atoms with Gasteiger partial charge in [0.1, 0.15) is 17.5 Å². The quantitative estimate of drug-likeness (QED) is 0.215. The lowest BCUT2D eigenvalue weighted by molar-refractivity contribution is -0.139. The number of Topliss-reactive ketones (excluding diaryl/α,β-unsaturated/α-hetero) is 2. The van der Waals surface area contributed by atoms with E-state index in [1.54, 1.807) is 50.4 Å². The Morgan fingerprint density at radius 1 is 1.08 bits per heavy atom. The summed E-state index contributed by atoms with van der Waals surface area (Å²) < 4.78 is 16.2. The fourth-order valence-corrected chi connectivity index (χ4v) is 4.55. The van der Waals surface area contributed by atoms with Crippen LogP contribution in [0.2, 0.25) is 0 Å². The maximum absolute atomic E-state index is 13.4. The zero-order valence-electron chi connectivity index (χ0n) is 21.5.